The van der Waals surface area contributed by atoms with Crippen molar-refractivity contribution >= 4 is 28.3 Å². The van der Waals surface area contributed by atoms with Gasteiger partial charge < -0.3 is 15.4 Å². The molecule has 0 bridgehead atoms. The molecule has 0 spiro atoms. The van der Waals surface area contributed by atoms with E-state index in [2.05, 4.69) is 34.5 Å². The van der Waals surface area contributed by atoms with Crippen LogP contribution in [0, 0.1) is 3.57 Å². The Bertz CT molecular complexity index is 366. The Balaban J connectivity index is 1.80. The van der Waals surface area contributed by atoms with Gasteiger partial charge in [-0.3, -0.25) is 0 Å². The number of likely N-dealkylation sites (N-methyl/N-ethyl adjacent to an activating group) is 1. The second kappa shape index (κ2) is 5.23. The maximum atomic E-state index is 5.87. The number of benzene rings is 1. The average molecular weight is 332 g/mol. The van der Waals surface area contributed by atoms with Crippen LogP contribution < -0.4 is 10.5 Å². The zero-order valence-corrected chi connectivity index (χ0v) is 11.6. The minimum absolute atomic E-state index is 0.706. The first-order valence-corrected chi connectivity index (χ1v) is 6.63. The molecule has 2 N–H and O–H groups in total. The largest absolute Gasteiger partial charge is 0.490 e. The van der Waals surface area contributed by atoms with Gasteiger partial charge in [-0.2, -0.15) is 0 Å². The molecule has 4 heteroatoms. The zero-order chi connectivity index (χ0) is 11.5. The third-order valence-electron chi connectivity index (χ3n) is 2.84. The highest BCUT2D eigenvalue weighted by molar-refractivity contribution is 14.1. The predicted octanol–water partition coefficient (Wildman–Crippen LogP) is 2.35. The number of ether oxygens (including phenoxy) is 1. The first-order valence-electron chi connectivity index (χ1n) is 5.55. The minimum atomic E-state index is 0.706. The number of hydrogen-bond acceptors (Lipinski definition) is 3. The van der Waals surface area contributed by atoms with E-state index in [9.17, 15) is 0 Å². The van der Waals surface area contributed by atoms with E-state index in [1.165, 1.54) is 12.8 Å². The van der Waals surface area contributed by atoms with Gasteiger partial charge in [0.25, 0.3) is 0 Å². The van der Waals surface area contributed by atoms with E-state index in [4.69, 9.17) is 10.5 Å². The van der Waals surface area contributed by atoms with Crippen LogP contribution in [-0.4, -0.2) is 31.1 Å². The summed E-state index contributed by atoms with van der Waals surface area (Å²) in [4.78, 5) is 2.35. The Labute approximate surface area is 110 Å². The monoisotopic (exact) mass is 332 g/mol. The van der Waals surface area contributed by atoms with Crippen molar-refractivity contribution in [2.75, 3.05) is 25.9 Å². The van der Waals surface area contributed by atoms with E-state index in [0.29, 0.717) is 6.61 Å². The second-order valence-corrected chi connectivity index (χ2v) is 5.49. The Kier molecular flexibility index (Phi) is 3.91. The zero-order valence-electron chi connectivity index (χ0n) is 9.45. The molecule has 0 aromatic heterocycles. The third-order valence-corrected chi connectivity index (χ3v) is 3.51. The number of hydrogen-bond donors (Lipinski definition) is 1. The van der Waals surface area contributed by atoms with Gasteiger partial charge in [0.05, 0.1) is 5.69 Å². The highest BCUT2D eigenvalue weighted by Crippen LogP contribution is 2.26. The summed E-state index contributed by atoms with van der Waals surface area (Å²) in [7, 11) is 2.15. The highest BCUT2D eigenvalue weighted by atomic mass is 127. The molecular weight excluding hydrogens is 315 g/mol. The van der Waals surface area contributed by atoms with E-state index in [1.807, 2.05) is 18.2 Å². The lowest BCUT2D eigenvalue weighted by Crippen LogP contribution is -2.26. The van der Waals surface area contributed by atoms with Gasteiger partial charge in [0, 0.05) is 16.2 Å². The van der Waals surface area contributed by atoms with Crippen LogP contribution >= 0.6 is 22.6 Å². The number of anilines is 1. The molecule has 1 aliphatic rings. The summed E-state index contributed by atoms with van der Waals surface area (Å²) in [5.41, 5.74) is 6.59. The SMILES string of the molecule is CN(CCOc1ccc(I)cc1N)C1CC1. The number of nitrogen functional groups attached to an aromatic ring is 1. The Morgan fingerprint density at radius 3 is 2.88 bits per heavy atom. The van der Waals surface area contributed by atoms with E-state index in [-0.39, 0.29) is 0 Å². The van der Waals surface area contributed by atoms with Crippen LogP contribution in [0.15, 0.2) is 18.2 Å². The van der Waals surface area contributed by atoms with E-state index in [1.54, 1.807) is 0 Å². The lowest BCUT2D eigenvalue weighted by atomic mass is 10.3. The van der Waals surface area contributed by atoms with Crippen LogP contribution in [0.5, 0.6) is 5.75 Å². The van der Waals surface area contributed by atoms with Gasteiger partial charge in [-0.1, -0.05) is 0 Å². The van der Waals surface area contributed by atoms with Crippen molar-refractivity contribution in [3.05, 3.63) is 21.8 Å². The standard InChI is InChI=1S/C12H17IN2O/c1-15(10-3-4-10)6-7-16-12-5-2-9(13)8-11(12)14/h2,5,8,10H,3-4,6-7,14H2,1H3. The summed E-state index contributed by atoms with van der Waals surface area (Å²) in [6.45, 7) is 1.67. The fraction of sp³-hybridized carbons (Fsp3) is 0.500. The summed E-state index contributed by atoms with van der Waals surface area (Å²) in [6.07, 6.45) is 2.67. The van der Waals surface area contributed by atoms with Crippen LogP contribution in [0.25, 0.3) is 0 Å². The molecule has 88 valence electrons. The molecule has 16 heavy (non-hydrogen) atoms. The highest BCUT2D eigenvalue weighted by Gasteiger charge is 2.25. The number of halogens is 1. The first kappa shape index (κ1) is 12.0. The summed E-state index contributed by atoms with van der Waals surface area (Å²) < 4.78 is 6.81. The Morgan fingerprint density at radius 2 is 2.25 bits per heavy atom. The summed E-state index contributed by atoms with van der Waals surface area (Å²) in [5.74, 6) is 0.796. The molecule has 1 fully saturated rings. The van der Waals surface area contributed by atoms with Gasteiger partial charge in [0.1, 0.15) is 12.4 Å². The van der Waals surface area contributed by atoms with E-state index in [0.717, 1.165) is 27.6 Å². The van der Waals surface area contributed by atoms with E-state index < -0.39 is 0 Å². The fourth-order valence-electron chi connectivity index (χ4n) is 1.65. The quantitative estimate of drug-likeness (QED) is 0.665. The molecule has 0 atom stereocenters. The molecule has 2 rings (SSSR count). The maximum absolute atomic E-state index is 5.87. The van der Waals surface area contributed by atoms with E-state index >= 15 is 0 Å². The van der Waals surface area contributed by atoms with Crippen molar-refractivity contribution in [1.29, 1.82) is 0 Å². The number of nitrogens with two attached hydrogens (primary N) is 1. The van der Waals surface area contributed by atoms with Gasteiger partial charge in [0.2, 0.25) is 0 Å². The van der Waals surface area contributed by atoms with Gasteiger partial charge >= 0.3 is 0 Å². The summed E-state index contributed by atoms with van der Waals surface area (Å²) in [6, 6.07) is 6.67. The number of rotatable bonds is 5. The van der Waals surface area contributed by atoms with Crippen LogP contribution in [0.1, 0.15) is 12.8 Å². The molecular formula is C12H17IN2O. The molecule has 0 radical (unpaired) electrons. The Hall–Kier alpha value is -0.490. The van der Waals surface area contributed by atoms with Crippen LogP contribution in [0.4, 0.5) is 5.69 Å². The second-order valence-electron chi connectivity index (χ2n) is 4.24. The normalized spacial score (nSPS) is 15.4. The smallest absolute Gasteiger partial charge is 0.142 e. The summed E-state index contributed by atoms with van der Waals surface area (Å²) in [5, 5.41) is 0. The van der Waals surface area contributed by atoms with Crippen LogP contribution in [0.2, 0.25) is 0 Å². The van der Waals surface area contributed by atoms with Crippen molar-refractivity contribution in [3.63, 3.8) is 0 Å². The van der Waals surface area contributed by atoms with Crippen molar-refractivity contribution in [2.45, 2.75) is 18.9 Å². The van der Waals surface area contributed by atoms with Gasteiger partial charge in [0.15, 0.2) is 0 Å². The minimum Gasteiger partial charge on any atom is -0.490 e. The molecule has 0 heterocycles. The van der Waals surface area contributed by atoms with Crippen LogP contribution in [0.3, 0.4) is 0 Å². The summed E-state index contributed by atoms with van der Waals surface area (Å²) >= 11 is 2.24. The van der Waals surface area contributed by atoms with Crippen LogP contribution in [-0.2, 0) is 0 Å². The average Bonchev–Trinajstić information content (AvgIpc) is 3.04. The van der Waals surface area contributed by atoms with Crippen molar-refractivity contribution in [3.8, 4) is 5.75 Å². The first-order chi connectivity index (χ1) is 7.66. The molecule has 0 amide bonds. The fourth-order valence-corrected chi connectivity index (χ4v) is 2.16. The predicted molar refractivity (Wildman–Crippen MR) is 74.7 cm³/mol. The maximum Gasteiger partial charge on any atom is 0.142 e. The third kappa shape index (κ3) is 3.25. The lowest BCUT2D eigenvalue weighted by molar-refractivity contribution is 0.232. The molecule has 0 unspecified atom stereocenters. The number of nitrogens with zero attached hydrogens (tertiary/aromatic N) is 1. The van der Waals surface area contributed by atoms with Gasteiger partial charge in [-0.05, 0) is 60.7 Å². The Morgan fingerprint density at radius 1 is 1.50 bits per heavy atom. The van der Waals surface area contributed by atoms with Gasteiger partial charge in [-0.25, -0.2) is 0 Å². The molecule has 0 aliphatic heterocycles. The molecule has 1 saturated carbocycles. The lowest BCUT2D eigenvalue weighted by Gasteiger charge is -2.16. The van der Waals surface area contributed by atoms with Gasteiger partial charge in [-0.15, -0.1) is 0 Å². The molecule has 3 nitrogen and oxygen atoms in total. The molecule has 1 aromatic rings. The molecule has 0 saturated heterocycles. The van der Waals surface area contributed by atoms with Crippen molar-refractivity contribution in [2.24, 2.45) is 0 Å². The topological polar surface area (TPSA) is 38.5 Å². The molecule has 1 aliphatic carbocycles. The molecule has 1 aromatic carbocycles. The van der Waals surface area contributed by atoms with Crippen molar-refractivity contribution < 1.29 is 4.74 Å². The van der Waals surface area contributed by atoms with Crippen molar-refractivity contribution in [1.82, 2.24) is 4.90 Å².